The fraction of sp³-hybridized carbons (Fsp3) is 0.545. The van der Waals surface area contributed by atoms with E-state index in [1.165, 1.54) is 34.2 Å². The van der Waals surface area contributed by atoms with Crippen molar-refractivity contribution in [2.24, 2.45) is 0 Å². The van der Waals surface area contributed by atoms with Gasteiger partial charge in [0.1, 0.15) is 0 Å². The second-order valence-electron chi connectivity index (χ2n) is 3.75. The highest BCUT2D eigenvalue weighted by Gasteiger charge is 2.35. The van der Waals surface area contributed by atoms with Crippen LogP contribution in [0, 0.1) is 0 Å². The minimum atomic E-state index is 0.323. The van der Waals surface area contributed by atoms with Crippen LogP contribution in [0.5, 0.6) is 0 Å². The van der Waals surface area contributed by atoms with Crippen molar-refractivity contribution in [2.45, 2.75) is 12.8 Å². The second-order valence-corrected chi connectivity index (χ2v) is 8.17. The Morgan fingerprint density at radius 3 is 1.44 bits per heavy atom. The normalized spacial score (nSPS) is 26.4. The van der Waals surface area contributed by atoms with Crippen LogP contribution < -0.4 is 0 Å². The van der Waals surface area contributed by atoms with Gasteiger partial charge in [0, 0.05) is 9.81 Å². The Balaban J connectivity index is 1.99. The van der Waals surface area contributed by atoms with E-state index < -0.39 is 0 Å². The quantitative estimate of drug-likeness (QED) is 0.673. The van der Waals surface area contributed by atoms with E-state index in [0.29, 0.717) is 5.78 Å². The summed E-state index contributed by atoms with van der Waals surface area (Å²) >= 11 is 7.35. The zero-order valence-electron chi connectivity index (χ0n) is 8.78. The maximum atomic E-state index is 12.3. The summed E-state index contributed by atoms with van der Waals surface area (Å²) in [4.78, 5) is 17.0. The number of allylic oxidation sites excluding steroid dienone is 2. The van der Waals surface area contributed by atoms with Crippen LogP contribution in [-0.4, -0.2) is 28.8 Å². The molecule has 0 N–H and O–H groups in total. The highest BCUT2D eigenvalue weighted by Crippen LogP contribution is 2.52. The van der Waals surface area contributed by atoms with Crippen LogP contribution in [0.25, 0.3) is 0 Å². The molecule has 0 saturated heterocycles. The Morgan fingerprint density at radius 2 is 1.00 bits per heavy atom. The van der Waals surface area contributed by atoms with Crippen molar-refractivity contribution in [3.63, 3.8) is 0 Å². The van der Waals surface area contributed by atoms with Crippen molar-refractivity contribution < 1.29 is 4.79 Å². The Bertz CT molecular complexity index is 361. The van der Waals surface area contributed by atoms with Gasteiger partial charge in [0.15, 0.2) is 0 Å². The zero-order valence-corrected chi connectivity index (χ0v) is 12.0. The number of fused-ring (bicyclic) bond motifs is 1. The van der Waals surface area contributed by atoms with Gasteiger partial charge < -0.3 is 0 Å². The van der Waals surface area contributed by atoms with Crippen LogP contribution in [-0.2, 0) is 4.79 Å². The summed E-state index contributed by atoms with van der Waals surface area (Å²) in [5.41, 5.74) is 0. The Kier molecular flexibility index (Phi) is 3.67. The first-order valence-electron chi connectivity index (χ1n) is 5.43. The monoisotopic (exact) mass is 288 g/mol. The van der Waals surface area contributed by atoms with Crippen LogP contribution >= 0.6 is 47.0 Å². The molecule has 0 unspecified atom stereocenters. The van der Waals surface area contributed by atoms with Gasteiger partial charge in [0.2, 0.25) is 5.78 Å². The van der Waals surface area contributed by atoms with Crippen molar-refractivity contribution in [2.75, 3.05) is 23.0 Å². The lowest BCUT2D eigenvalue weighted by molar-refractivity contribution is -0.110. The number of hydrogen-bond donors (Lipinski definition) is 0. The summed E-state index contributed by atoms with van der Waals surface area (Å²) in [6.07, 6.45) is 2.44. The zero-order chi connectivity index (χ0) is 11.0. The maximum absolute atomic E-state index is 12.3. The molecule has 0 atom stereocenters. The van der Waals surface area contributed by atoms with Crippen molar-refractivity contribution >= 4 is 52.8 Å². The number of carbonyl (C=O) groups is 1. The van der Waals surface area contributed by atoms with E-state index >= 15 is 0 Å². The predicted octanol–water partition coefficient (Wildman–Crippen LogP) is 3.73. The summed E-state index contributed by atoms with van der Waals surface area (Å²) in [6, 6.07) is 0. The first-order chi connectivity index (χ1) is 7.88. The van der Waals surface area contributed by atoms with Crippen molar-refractivity contribution in [1.82, 2.24) is 0 Å². The number of hydrogen-bond acceptors (Lipinski definition) is 5. The molecule has 16 heavy (non-hydrogen) atoms. The largest absolute Gasteiger partial charge is 0.287 e. The standard InChI is InChI=1S/C11H12OS4/c12-7-8-10(15-5-1-3-13-8)11-9(7)14-4-2-6-16-11/h1-6H2. The van der Waals surface area contributed by atoms with E-state index in [-0.39, 0.29) is 0 Å². The number of carbonyl (C=O) groups excluding carboxylic acids is 1. The van der Waals surface area contributed by atoms with Gasteiger partial charge >= 0.3 is 0 Å². The van der Waals surface area contributed by atoms with Gasteiger partial charge in [0.25, 0.3) is 0 Å². The first-order valence-corrected chi connectivity index (χ1v) is 9.37. The third kappa shape index (κ3) is 2.00. The number of ketones is 1. The average molecular weight is 288 g/mol. The first kappa shape index (κ1) is 11.6. The fourth-order valence-corrected chi connectivity index (χ4v) is 7.29. The summed E-state index contributed by atoms with van der Waals surface area (Å²) in [5, 5.41) is 0. The molecule has 86 valence electrons. The van der Waals surface area contributed by atoms with Crippen LogP contribution in [0.3, 0.4) is 0 Å². The minimum absolute atomic E-state index is 0.323. The van der Waals surface area contributed by atoms with Crippen molar-refractivity contribution in [1.29, 1.82) is 0 Å². The second kappa shape index (κ2) is 5.04. The topological polar surface area (TPSA) is 17.1 Å². The lowest BCUT2D eigenvalue weighted by atomic mass is 10.4. The number of Topliss-reactive ketones (excluding diaryl/α,β-unsaturated/α-hetero) is 1. The van der Waals surface area contributed by atoms with Gasteiger partial charge in [-0.1, -0.05) is 0 Å². The molecule has 0 aromatic rings. The van der Waals surface area contributed by atoms with Crippen LogP contribution in [0.4, 0.5) is 0 Å². The van der Waals surface area contributed by atoms with Crippen LogP contribution in [0.2, 0.25) is 0 Å². The third-order valence-corrected chi connectivity index (χ3v) is 7.70. The highest BCUT2D eigenvalue weighted by atomic mass is 32.2. The Labute approximate surface area is 113 Å². The van der Waals surface area contributed by atoms with E-state index in [1.54, 1.807) is 23.5 Å². The molecule has 3 rings (SSSR count). The number of rotatable bonds is 0. The molecular weight excluding hydrogens is 276 g/mol. The fourth-order valence-electron chi connectivity index (χ4n) is 1.85. The molecule has 0 amide bonds. The molecule has 3 aliphatic rings. The minimum Gasteiger partial charge on any atom is -0.287 e. The van der Waals surface area contributed by atoms with Gasteiger partial charge in [-0.25, -0.2) is 0 Å². The lowest BCUT2D eigenvalue weighted by Gasteiger charge is -2.05. The Hall–Kier alpha value is 0.550. The van der Waals surface area contributed by atoms with Gasteiger partial charge in [0.05, 0.1) is 9.81 Å². The molecule has 1 aliphatic carbocycles. The molecule has 0 spiro atoms. The molecule has 2 aliphatic heterocycles. The highest BCUT2D eigenvalue weighted by molar-refractivity contribution is 8.13. The van der Waals surface area contributed by atoms with Crippen molar-refractivity contribution in [3.8, 4) is 0 Å². The smallest absolute Gasteiger partial charge is 0.208 e. The molecule has 1 nitrogen and oxygen atoms in total. The van der Waals surface area contributed by atoms with Gasteiger partial charge in [-0.05, 0) is 35.9 Å². The molecule has 0 saturated carbocycles. The van der Waals surface area contributed by atoms with Gasteiger partial charge in [-0.2, -0.15) is 0 Å². The maximum Gasteiger partial charge on any atom is 0.208 e. The van der Waals surface area contributed by atoms with Crippen LogP contribution in [0.15, 0.2) is 19.6 Å². The molecule has 2 heterocycles. The summed E-state index contributed by atoms with van der Waals surface area (Å²) in [6.45, 7) is 0. The number of thioether (sulfide) groups is 4. The SMILES string of the molecule is O=C1C2=C(SCCCS2)C2=C1SCCCS2. The van der Waals surface area contributed by atoms with Crippen molar-refractivity contribution in [3.05, 3.63) is 19.6 Å². The molecule has 0 aromatic carbocycles. The van der Waals surface area contributed by atoms with E-state index in [4.69, 9.17) is 0 Å². The van der Waals surface area contributed by atoms with Gasteiger partial charge in [-0.15, -0.1) is 47.0 Å². The van der Waals surface area contributed by atoms with E-state index in [0.717, 1.165) is 21.3 Å². The molecular formula is C11H12OS4. The van der Waals surface area contributed by atoms with E-state index in [2.05, 4.69) is 0 Å². The summed E-state index contributed by atoms with van der Waals surface area (Å²) in [5.74, 6) is 4.87. The third-order valence-electron chi connectivity index (χ3n) is 2.59. The molecule has 5 heteroatoms. The molecule has 0 aromatic heterocycles. The van der Waals surface area contributed by atoms with Gasteiger partial charge in [-0.3, -0.25) is 4.79 Å². The molecule has 0 bridgehead atoms. The lowest BCUT2D eigenvalue weighted by Crippen LogP contribution is -1.98. The average Bonchev–Trinajstić information content (AvgIpc) is 2.60. The van der Waals surface area contributed by atoms with E-state index in [9.17, 15) is 4.79 Å². The van der Waals surface area contributed by atoms with E-state index in [1.807, 2.05) is 23.5 Å². The van der Waals surface area contributed by atoms with Crippen LogP contribution in [0.1, 0.15) is 12.8 Å². The summed E-state index contributed by atoms with van der Waals surface area (Å²) in [7, 11) is 0. The molecule has 0 fully saturated rings. The Morgan fingerprint density at radius 1 is 0.625 bits per heavy atom. The molecule has 0 radical (unpaired) electrons. The predicted molar refractivity (Wildman–Crippen MR) is 78.1 cm³/mol. The summed E-state index contributed by atoms with van der Waals surface area (Å²) < 4.78 is 0.